The van der Waals surface area contributed by atoms with Gasteiger partial charge in [-0.2, -0.15) is 13.2 Å². The summed E-state index contributed by atoms with van der Waals surface area (Å²) in [6, 6.07) is 6.53. The summed E-state index contributed by atoms with van der Waals surface area (Å²) in [7, 11) is 1.55. The number of guanidine groups is 1. The zero-order chi connectivity index (χ0) is 19.4. The molecule has 1 heterocycles. The van der Waals surface area contributed by atoms with Gasteiger partial charge in [-0.05, 0) is 11.6 Å². The van der Waals surface area contributed by atoms with Crippen molar-refractivity contribution in [1.82, 2.24) is 15.6 Å². The van der Waals surface area contributed by atoms with Gasteiger partial charge in [-0.3, -0.25) is 4.99 Å². The van der Waals surface area contributed by atoms with Gasteiger partial charge in [-0.15, -0.1) is 35.3 Å². The Kier molecular flexibility index (Phi) is 8.46. The number of aromatic nitrogens is 1. The second-order valence-corrected chi connectivity index (χ2v) is 7.21. The van der Waals surface area contributed by atoms with Crippen LogP contribution in [0.25, 0.3) is 0 Å². The predicted molar refractivity (Wildman–Crippen MR) is 110 cm³/mol. The van der Waals surface area contributed by atoms with Crippen LogP contribution < -0.4 is 10.6 Å². The van der Waals surface area contributed by atoms with Crippen LogP contribution in [0.2, 0.25) is 0 Å². The molecular formula is C17H21F4IN4S. The number of rotatable bonds is 5. The standard InChI is InChI=1S/C17H20F4N4S.HI/c1-16(2,11-6-4-5-7-12(11)18)10-24-15(22-3)23-8-14-25-13(9-26-14)17(19,20)21;/h4-7,9H,8,10H2,1-3H3,(H2,22,23,24);1H. The Labute approximate surface area is 176 Å². The van der Waals surface area contributed by atoms with E-state index in [0.29, 0.717) is 23.1 Å². The van der Waals surface area contributed by atoms with Gasteiger partial charge in [-0.25, -0.2) is 9.37 Å². The largest absolute Gasteiger partial charge is 0.434 e. The van der Waals surface area contributed by atoms with Crippen molar-refractivity contribution in [2.24, 2.45) is 4.99 Å². The van der Waals surface area contributed by atoms with E-state index >= 15 is 0 Å². The zero-order valence-corrected chi connectivity index (χ0v) is 18.2. The Morgan fingerprint density at radius 2 is 1.85 bits per heavy atom. The van der Waals surface area contributed by atoms with Crippen molar-refractivity contribution in [3.8, 4) is 0 Å². The number of thiazole rings is 1. The number of nitrogens with one attached hydrogen (secondary N) is 2. The molecule has 0 atom stereocenters. The summed E-state index contributed by atoms with van der Waals surface area (Å²) in [6.45, 7) is 4.28. The summed E-state index contributed by atoms with van der Waals surface area (Å²) in [4.78, 5) is 7.59. The van der Waals surface area contributed by atoms with Gasteiger partial charge in [0.2, 0.25) is 0 Å². The van der Waals surface area contributed by atoms with Gasteiger partial charge in [0.15, 0.2) is 11.7 Å². The molecular weight excluding hydrogens is 495 g/mol. The van der Waals surface area contributed by atoms with Gasteiger partial charge in [0.25, 0.3) is 0 Å². The Hall–Kier alpha value is -1.43. The normalized spacial score (nSPS) is 12.5. The minimum absolute atomic E-state index is 0. The minimum atomic E-state index is -4.45. The second-order valence-electron chi connectivity index (χ2n) is 6.27. The van der Waals surface area contributed by atoms with Gasteiger partial charge in [0.05, 0.1) is 6.54 Å². The molecule has 10 heteroatoms. The Balaban J connectivity index is 0.00000364. The molecule has 0 unspecified atom stereocenters. The first-order valence-electron chi connectivity index (χ1n) is 7.84. The fraction of sp³-hybridized carbons (Fsp3) is 0.412. The highest BCUT2D eigenvalue weighted by molar-refractivity contribution is 14.0. The number of aliphatic imine (C=N–C) groups is 1. The number of nitrogens with zero attached hydrogens (tertiary/aromatic N) is 2. The topological polar surface area (TPSA) is 49.3 Å². The maximum Gasteiger partial charge on any atom is 0.434 e. The smallest absolute Gasteiger partial charge is 0.356 e. The van der Waals surface area contributed by atoms with Crippen molar-refractivity contribution >= 4 is 41.3 Å². The molecule has 2 N–H and O–H groups in total. The predicted octanol–water partition coefficient (Wildman–Crippen LogP) is 4.56. The van der Waals surface area contributed by atoms with Crippen molar-refractivity contribution in [3.63, 3.8) is 0 Å². The van der Waals surface area contributed by atoms with Crippen molar-refractivity contribution < 1.29 is 17.6 Å². The molecule has 27 heavy (non-hydrogen) atoms. The third-order valence-electron chi connectivity index (χ3n) is 3.77. The third-order valence-corrected chi connectivity index (χ3v) is 4.62. The van der Waals surface area contributed by atoms with Crippen LogP contribution in [-0.4, -0.2) is 24.5 Å². The quantitative estimate of drug-likeness (QED) is 0.265. The molecule has 1 aromatic heterocycles. The van der Waals surface area contributed by atoms with E-state index in [-0.39, 0.29) is 36.3 Å². The molecule has 0 aliphatic heterocycles. The first-order chi connectivity index (χ1) is 12.1. The zero-order valence-electron chi connectivity index (χ0n) is 15.0. The maximum atomic E-state index is 14.0. The third kappa shape index (κ3) is 6.59. The van der Waals surface area contributed by atoms with Crippen molar-refractivity contribution in [2.45, 2.75) is 32.0 Å². The molecule has 0 aliphatic carbocycles. The Morgan fingerprint density at radius 1 is 1.19 bits per heavy atom. The summed E-state index contributed by atoms with van der Waals surface area (Å²) >= 11 is 0.925. The number of hydrogen-bond donors (Lipinski definition) is 2. The Bertz CT molecular complexity index is 774. The summed E-state index contributed by atoms with van der Waals surface area (Å²) < 4.78 is 51.7. The molecule has 0 amide bonds. The van der Waals surface area contributed by atoms with E-state index in [1.165, 1.54) is 6.07 Å². The van der Waals surface area contributed by atoms with E-state index in [1.54, 1.807) is 25.2 Å². The second kappa shape index (κ2) is 9.67. The SMILES string of the molecule is CN=C(NCc1nc(C(F)(F)F)cs1)NCC(C)(C)c1ccccc1F.I. The summed E-state index contributed by atoms with van der Waals surface area (Å²) in [6.07, 6.45) is -4.45. The van der Waals surface area contributed by atoms with Crippen LogP contribution in [0.5, 0.6) is 0 Å². The lowest BCUT2D eigenvalue weighted by Gasteiger charge is -2.27. The minimum Gasteiger partial charge on any atom is -0.356 e. The van der Waals surface area contributed by atoms with Crippen LogP contribution >= 0.6 is 35.3 Å². The number of halogens is 5. The van der Waals surface area contributed by atoms with Gasteiger partial charge in [0, 0.05) is 24.4 Å². The van der Waals surface area contributed by atoms with Gasteiger partial charge < -0.3 is 10.6 Å². The molecule has 0 saturated carbocycles. The van der Waals surface area contributed by atoms with E-state index in [0.717, 1.165) is 16.7 Å². The molecule has 0 fully saturated rings. The number of alkyl halides is 3. The van der Waals surface area contributed by atoms with E-state index in [4.69, 9.17) is 0 Å². The molecule has 2 rings (SSSR count). The summed E-state index contributed by atoms with van der Waals surface area (Å²) in [5, 5.41) is 7.26. The molecule has 1 aromatic carbocycles. The molecule has 0 spiro atoms. The van der Waals surface area contributed by atoms with E-state index in [9.17, 15) is 17.6 Å². The molecule has 0 radical (unpaired) electrons. The number of benzene rings is 1. The van der Waals surface area contributed by atoms with Crippen LogP contribution in [0.3, 0.4) is 0 Å². The Morgan fingerprint density at radius 3 is 2.41 bits per heavy atom. The van der Waals surface area contributed by atoms with Crippen LogP contribution in [0.15, 0.2) is 34.6 Å². The van der Waals surface area contributed by atoms with Gasteiger partial charge in [0.1, 0.15) is 10.8 Å². The average molecular weight is 516 g/mol. The first kappa shape index (κ1) is 23.6. The molecule has 4 nitrogen and oxygen atoms in total. The molecule has 0 bridgehead atoms. The first-order valence-corrected chi connectivity index (χ1v) is 8.72. The van der Waals surface area contributed by atoms with Crippen LogP contribution in [-0.2, 0) is 18.1 Å². The summed E-state index contributed by atoms with van der Waals surface area (Å²) in [5.41, 5.74) is -0.839. The fourth-order valence-electron chi connectivity index (χ4n) is 2.31. The molecule has 150 valence electrons. The van der Waals surface area contributed by atoms with Crippen molar-refractivity contribution in [2.75, 3.05) is 13.6 Å². The van der Waals surface area contributed by atoms with E-state index in [2.05, 4.69) is 20.6 Å². The highest BCUT2D eigenvalue weighted by Gasteiger charge is 2.33. The summed E-state index contributed by atoms with van der Waals surface area (Å²) in [5.74, 6) is 0.114. The lowest BCUT2D eigenvalue weighted by molar-refractivity contribution is -0.140. The average Bonchev–Trinajstić information content (AvgIpc) is 3.04. The van der Waals surface area contributed by atoms with Crippen LogP contribution in [0.1, 0.15) is 30.1 Å². The van der Waals surface area contributed by atoms with Gasteiger partial charge >= 0.3 is 6.18 Å². The molecule has 2 aromatic rings. The molecule has 0 saturated heterocycles. The molecule has 0 aliphatic rings. The lowest BCUT2D eigenvalue weighted by atomic mass is 9.84. The van der Waals surface area contributed by atoms with Crippen LogP contribution in [0, 0.1) is 5.82 Å². The highest BCUT2D eigenvalue weighted by Crippen LogP contribution is 2.30. The maximum absolute atomic E-state index is 14.0. The van der Waals surface area contributed by atoms with Crippen molar-refractivity contribution in [1.29, 1.82) is 0 Å². The monoisotopic (exact) mass is 516 g/mol. The highest BCUT2D eigenvalue weighted by atomic mass is 127. The van der Waals surface area contributed by atoms with Gasteiger partial charge in [-0.1, -0.05) is 32.0 Å². The van der Waals surface area contributed by atoms with E-state index < -0.39 is 17.3 Å². The van der Waals surface area contributed by atoms with Crippen LogP contribution in [0.4, 0.5) is 17.6 Å². The fourth-order valence-corrected chi connectivity index (χ4v) is 3.05. The van der Waals surface area contributed by atoms with Crippen molar-refractivity contribution in [3.05, 3.63) is 51.7 Å². The lowest BCUT2D eigenvalue weighted by Crippen LogP contribution is -2.43. The van der Waals surface area contributed by atoms with E-state index in [1.807, 2.05) is 13.8 Å². The number of hydrogen-bond acceptors (Lipinski definition) is 3.